The van der Waals surface area contributed by atoms with Gasteiger partial charge in [-0.05, 0) is 51.0 Å². The monoisotopic (exact) mass is 757 g/mol. The number of aryl methyl sites for hydroxylation is 1. The average Bonchev–Trinajstić information content (AvgIpc) is 3.40. The van der Waals surface area contributed by atoms with Crippen molar-refractivity contribution in [2.45, 2.75) is 51.7 Å². The van der Waals surface area contributed by atoms with Crippen LogP contribution in [0.15, 0.2) is 46.1 Å². The van der Waals surface area contributed by atoms with Gasteiger partial charge in [-0.3, -0.25) is 18.7 Å². The SMILES string of the molecule is COc1ccc(COC(=O)C2=C(CI)C[S@](=O)C3C(CC(=O)/C(=N/OCC(=O)OC(C)(C)C)c4csc(C)n4)C(=O)N23)cc1. The number of carbonyl (C=O) groups excluding carboxylic acids is 4. The second-order valence-corrected chi connectivity index (χ2v) is 14.3. The fourth-order valence-corrected chi connectivity index (χ4v) is 7.93. The van der Waals surface area contributed by atoms with E-state index in [2.05, 4.69) is 32.7 Å². The molecule has 4 rings (SSSR count). The van der Waals surface area contributed by atoms with Crippen LogP contribution in [0.5, 0.6) is 5.75 Å². The summed E-state index contributed by atoms with van der Waals surface area (Å²) < 4.78 is 29.5. The second-order valence-electron chi connectivity index (χ2n) is 10.9. The number of esters is 2. The van der Waals surface area contributed by atoms with Crippen molar-refractivity contribution in [2.75, 3.05) is 23.9 Å². The highest BCUT2D eigenvalue weighted by Gasteiger charge is 2.57. The molecule has 3 atom stereocenters. The van der Waals surface area contributed by atoms with E-state index in [9.17, 15) is 23.4 Å². The van der Waals surface area contributed by atoms with Gasteiger partial charge in [0.25, 0.3) is 0 Å². The number of hydrogen-bond donors (Lipinski definition) is 0. The van der Waals surface area contributed by atoms with E-state index < -0.39 is 57.9 Å². The Morgan fingerprint density at radius 3 is 2.50 bits per heavy atom. The number of alkyl halides is 1. The van der Waals surface area contributed by atoms with E-state index in [0.717, 1.165) is 5.56 Å². The first kappa shape index (κ1) is 33.7. The molecule has 2 aliphatic rings. The van der Waals surface area contributed by atoms with Gasteiger partial charge in [0.05, 0.1) is 18.0 Å². The van der Waals surface area contributed by atoms with Gasteiger partial charge in [0, 0.05) is 32.8 Å². The molecule has 1 amide bonds. The molecule has 0 aliphatic carbocycles. The summed E-state index contributed by atoms with van der Waals surface area (Å²) in [5.41, 5.74) is 0.652. The molecule has 3 heterocycles. The van der Waals surface area contributed by atoms with Crippen molar-refractivity contribution < 1.29 is 42.4 Å². The lowest BCUT2D eigenvalue weighted by Gasteiger charge is -2.49. The number of hydrogen-bond acceptors (Lipinski definition) is 12. The third-order valence-corrected chi connectivity index (χ3v) is 9.89. The highest BCUT2D eigenvalue weighted by atomic mass is 127. The van der Waals surface area contributed by atoms with Gasteiger partial charge in [-0.2, -0.15) is 0 Å². The third kappa shape index (κ3) is 7.90. The number of nitrogens with zero attached hydrogens (tertiary/aromatic N) is 3. The largest absolute Gasteiger partial charge is 0.497 e. The molecule has 1 fully saturated rings. The molecule has 0 saturated carbocycles. The van der Waals surface area contributed by atoms with Gasteiger partial charge in [0.15, 0.2) is 11.5 Å². The van der Waals surface area contributed by atoms with Crippen molar-refractivity contribution in [1.82, 2.24) is 9.88 Å². The van der Waals surface area contributed by atoms with Crippen molar-refractivity contribution in [3.63, 3.8) is 0 Å². The number of benzene rings is 1. The van der Waals surface area contributed by atoms with E-state index in [1.54, 1.807) is 64.5 Å². The van der Waals surface area contributed by atoms with E-state index in [-0.39, 0.29) is 35.9 Å². The first-order valence-corrected chi connectivity index (χ1v) is 17.3. The van der Waals surface area contributed by atoms with Crippen LogP contribution in [-0.4, -0.2) is 78.3 Å². The minimum Gasteiger partial charge on any atom is -0.497 e. The highest BCUT2D eigenvalue weighted by molar-refractivity contribution is 14.1. The Bertz CT molecular complexity index is 1530. The number of halogens is 1. The quantitative estimate of drug-likeness (QED) is 0.0787. The summed E-state index contributed by atoms with van der Waals surface area (Å²) in [4.78, 5) is 62.9. The topological polar surface area (TPSA) is 151 Å². The van der Waals surface area contributed by atoms with Crippen LogP contribution in [0.4, 0.5) is 0 Å². The summed E-state index contributed by atoms with van der Waals surface area (Å²) in [5, 5.41) is 5.28. The van der Waals surface area contributed by atoms with Crippen LogP contribution in [0.2, 0.25) is 0 Å². The number of ether oxygens (including phenoxy) is 3. The second kappa shape index (κ2) is 14.3. The molecule has 0 bridgehead atoms. The average molecular weight is 758 g/mol. The Morgan fingerprint density at radius 1 is 1.20 bits per heavy atom. The lowest BCUT2D eigenvalue weighted by atomic mass is 9.89. The van der Waals surface area contributed by atoms with Crippen LogP contribution < -0.4 is 4.74 Å². The summed E-state index contributed by atoms with van der Waals surface area (Å²) in [6.45, 7) is 6.31. The van der Waals surface area contributed by atoms with Gasteiger partial charge in [-0.1, -0.05) is 39.9 Å². The minimum atomic E-state index is -1.56. The first-order valence-electron chi connectivity index (χ1n) is 13.5. The van der Waals surface area contributed by atoms with E-state index in [0.29, 0.717) is 20.8 Å². The molecule has 0 N–H and O–H groups in total. The van der Waals surface area contributed by atoms with Crippen LogP contribution in [-0.2, 0) is 50.9 Å². The van der Waals surface area contributed by atoms with Crippen LogP contribution in [0.1, 0.15) is 43.5 Å². The molecule has 1 saturated heterocycles. The fraction of sp³-hybridized carbons (Fsp3) is 0.448. The van der Waals surface area contributed by atoms with Crippen LogP contribution in [0.25, 0.3) is 0 Å². The summed E-state index contributed by atoms with van der Waals surface area (Å²) in [6.07, 6.45) is -0.343. The molecule has 1 aromatic carbocycles. The fourth-order valence-electron chi connectivity index (χ4n) is 4.56. The van der Waals surface area contributed by atoms with Crippen molar-refractivity contribution >= 4 is 74.1 Å². The minimum absolute atomic E-state index is 0.0330. The number of β-lactam (4-membered cyclic amide) rings is 1. The van der Waals surface area contributed by atoms with E-state index in [1.165, 1.54) is 16.2 Å². The number of thiazole rings is 1. The van der Waals surface area contributed by atoms with Crippen molar-refractivity contribution in [3.05, 3.63) is 57.2 Å². The molecule has 2 aliphatic heterocycles. The number of Topliss-reactive ketones (excluding diaryl/α,β-unsaturated/α-hetero) is 1. The van der Waals surface area contributed by atoms with Crippen molar-refractivity contribution in [1.29, 1.82) is 0 Å². The zero-order chi connectivity index (χ0) is 32.2. The molecule has 2 aromatic rings. The summed E-state index contributed by atoms with van der Waals surface area (Å²) in [6, 6.07) is 7.00. The molecule has 12 nitrogen and oxygen atoms in total. The maximum absolute atomic E-state index is 13.5. The van der Waals surface area contributed by atoms with Gasteiger partial charge in [-0.15, -0.1) is 11.3 Å². The molecule has 44 heavy (non-hydrogen) atoms. The van der Waals surface area contributed by atoms with E-state index in [1.807, 2.05) is 0 Å². The maximum Gasteiger partial charge on any atom is 0.355 e. The zero-order valence-electron chi connectivity index (χ0n) is 24.8. The molecule has 2 unspecified atom stereocenters. The van der Waals surface area contributed by atoms with Gasteiger partial charge in [-0.25, -0.2) is 14.6 Å². The first-order chi connectivity index (χ1) is 20.8. The predicted octanol–water partition coefficient (Wildman–Crippen LogP) is 3.46. The smallest absolute Gasteiger partial charge is 0.355 e. The normalized spacial score (nSPS) is 20.0. The Morgan fingerprint density at radius 2 is 1.91 bits per heavy atom. The van der Waals surface area contributed by atoms with E-state index in [4.69, 9.17) is 19.0 Å². The molecule has 236 valence electrons. The highest BCUT2D eigenvalue weighted by Crippen LogP contribution is 2.41. The molecular weight excluding hydrogens is 725 g/mol. The lowest BCUT2D eigenvalue weighted by molar-refractivity contribution is -0.160. The van der Waals surface area contributed by atoms with Gasteiger partial charge in [0.2, 0.25) is 12.5 Å². The van der Waals surface area contributed by atoms with E-state index >= 15 is 0 Å². The predicted molar refractivity (Wildman–Crippen MR) is 171 cm³/mol. The Hall–Kier alpha value is -3.18. The zero-order valence-corrected chi connectivity index (χ0v) is 28.6. The molecular formula is C29H32IN3O9S2. The number of amides is 1. The molecule has 0 spiro atoms. The van der Waals surface area contributed by atoms with Gasteiger partial charge in [0.1, 0.15) is 34.7 Å². The number of methoxy groups -OCH3 is 1. The third-order valence-electron chi connectivity index (χ3n) is 6.49. The Labute approximate surface area is 274 Å². The lowest BCUT2D eigenvalue weighted by Crippen LogP contribution is -2.66. The summed E-state index contributed by atoms with van der Waals surface area (Å²) >= 11 is 3.34. The number of aromatic nitrogens is 1. The molecule has 15 heteroatoms. The number of ketones is 1. The molecule has 0 radical (unpaired) electrons. The van der Waals surface area contributed by atoms with Crippen LogP contribution in [0.3, 0.4) is 0 Å². The standard InChI is InChI=1S/C29H32IN3O9S2/c1-16-31-21(14-43-16)24(32-41-13-23(35)42-29(2,3)4)22(34)10-20-26(36)33-25(18(11-30)15-44(38)27(20)33)28(37)40-12-17-6-8-19(39-5)9-7-17/h6-9,14,20,27H,10-13,15H2,1-5H3/b32-24+/t20?,27?,44-/m0/s1. The Balaban J connectivity index is 1.49. The number of fused-ring (bicyclic) bond motifs is 1. The van der Waals surface area contributed by atoms with Crippen molar-refractivity contribution in [3.8, 4) is 5.75 Å². The Kier molecular flexibility index (Phi) is 10.9. The summed E-state index contributed by atoms with van der Waals surface area (Å²) in [7, 11) is -0.00756. The van der Waals surface area contributed by atoms with Crippen LogP contribution in [0, 0.1) is 12.8 Å². The molecule has 1 aromatic heterocycles. The van der Waals surface area contributed by atoms with Crippen LogP contribution >= 0.6 is 33.9 Å². The maximum atomic E-state index is 13.5. The number of oxime groups is 1. The van der Waals surface area contributed by atoms with Crippen molar-refractivity contribution in [2.24, 2.45) is 11.1 Å². The van der Waals surface area contributed by atoms with Gasteiger partial charge < -0.3 is 19.0 Å². The van der Waals surface area contributed by atoms with Gasteiger partial charge >= 0.3 is 11.9 Å². The number of carbonyl (C=O) groups is 4. The number of rotatable bonds is 12. The summed E-state index contributed by atoms with van der Waals surface area (Å²) in [5.74, 6) is -2.70.